The van der Waals surface area contributed by atoms with Crippen molar-refractivity contribution in [1.82, 2.24) is 35.1 Å². The maximum atomic E-state index is 13.9. The number of ether oxygens (including phenoxy) is 1. The number of nitrogens with one attached hydrogen (secondary N) is 3. The lowest BCUT2D eigenvalue weighted by atomic mass is 9.85. The lowest BCUT2D eigenvalue weighted by Gasteiger charge is -2.34. The number of anilines is 1. The molecule has 13 nitrogen and oxygen atoms in total. The Kier molecular flexibility index (Phi) is 11.9. The zero-order valence-electron chi connectivity index (χ0n) is 36.8. The molecule has 5 atom stereocenters. The molecule has 61 heavy (non-hydrogen) atoms. The van der Waals surface area contributed by atoms with Gasteiger partial charge < -0.3 is 40.5 Å². The minimum atomic E-state index is -0.695. The number of H-pyrrole nitrogens is 2. The van der Waals surface area contributed by atoms with E-state index < -0.39 is 12.1 Å². The van der Waals surface area contributed by atoms with E-state index in [4.69, 9.17) is 20.4 Å². The van der Waals surface area contributed by atoms with Crippen LogP contribution < -0.4 is 16.0 Å². The zero-order valence-corrected chi connectivity index (χ0v) is 36.8. The van der Waals surface area contributed by atoms with Gasteiger partial charge in [-0.15, -0.1) is 0 Å². The van der Waals surface area contributed by atoms with E-state index >= 15 is 0 Å². The standard InChI is InChI=1S/C48H63N9O4/c1-28(2)24-42(58)55-22-8-10-40(55)44-50-34-18-12-30(25-36(34)52-44)38-20-21-39(57(38)33-16-14-32(15-17-33)48(5,6)27-49)31-13-19-35-37(26-31)53-45(51-35)41-11-9-23-56(41)46(59)43(29(3)4)54-47(60)61-7/h12-19,25-26,28-29,38-41,43H,8-11,20-24,27,49H2,1-7H3,(H,50,52)(H,51,53)(H,54,60)/t38-,39-,40+,41+,43+/m1/s1. The molecule has 5 aromatic rings. The Labute approximate surface area is 359 Å². The summed E-state index contributed by atoms with van der Waals surface area (Å²) in [6, 6.07) is 21.3. The molecule has 3 saturated heterocycles. The van der Waals surface area contributed by atoms with E-state index in [0.29, 0.717) is 25.4 Å². The summed E-state index contributed by atoms with van der Waals surface area (Å²) in [5.41, 5.74) is 14.5. The Hall–Kier alpha value is -5.43. The fraction of sp³-hybridized carbons (Fsp3) is 0.521. The number of benzene rings is 3. The smallest absolute Gasteiger partial charge is 0.407 e. The van der Waals surface area contributed by atoms with Crippen LogP contribution in [-0.4, -0.2) is 80.4 Å². The topological polar surface area (TPSA) is 166 Å². The molecule has 0 bridgehead atoms. The average Bonchev–Trinajstić information content (AvgIpc) is 4.10. The number of likely N-dealkylation sites (tertiary alicyclic amines) is 2. The third-order valence-corrected chi connectivity index (χ3v) is 13.4. The van der Waals surface area contributed by atoms with Gasteiger partial charge in [0, 0.05) is 37.2 Å². The third kappa shape index (κ3) is 8.33. The van der Waals surface area contributed by atoms with Crippen LogP contribution in [0, 0.1) is 11.8 Å². The molecular weight excluding hydrogens is 767 g/mol. The molecule has 3 fully saturated rings. The number of aromatic amines is 2. The predicted molar refractivity (Wildman–Crippen MR) is 239 cm³/mol. The molecule has 5 heterocycles. The van der Waals surface area contributed by atoms with Crippen molar-refractivity contribution in [3.63, 3.8) is 0 Å². The highest BCUT2D eigenvalue weighted by atomic mass is 16.5. The van der Waals surface area contributed by atoms with Crippen LogP contribution in [0.25, 0.3) is 22.1 Å². The highest BCUT2D eigenvalue weighted by Crippen LogP contribution is 2.48. The Morgan fingerprint density at radius 3 is 1.84 bits per heavy atom. The van der Waals surface area contributed by atoms with Crippen molar-refractivity contribution < 1.29 is 19.1 Å². The molecule has 324 valence electrons. The second-order valence-corrected chi connectivity index (χ2v) is 18.8. The lowest BCUT2D eigenvalue weighted by Crippen LogP contribution is -2.51. The Morgan fingerprint density at radius 1 is 0.787 bits per heavy atom. The summed E-state index contributed by atoms with van der Waals surface area (Å²) in [7, 11) is 1.31. The fourth-order valence-corrected chi connectivity index (χ4v) is 9.86. The number of carbonyl (C=O) groups excluding carboxylic acids is 3. The summed E-state index contributed by atoms with van der Waals surface area (Å²) < 4.78 is 4.83. The van der Waals surface area contributed by atoms with Gasteiger partial charge in [-0.05, 0) is 103 Å². The van der Waals surface area contributed by atoms with Crippen molar-refractivity contribution in [2.24, 2.45) is 17.6 Å². The summed E-state index contributed by atoms with van der Waals surface area (Å²) in [5, 5.41) is 2.75. The van der Waals surface area contributed by atoms with Gasteiger partial charge in [-0.3, -0.25) is 9.59 Å². The Morgan fingerprint density at radius 2 is 1.33 bits per heavy atom. The number of imidazole rings is 2. The third-order valence-electron chi connectivity index (χ3n) is 13.4. The number of rotatable bonds is 12. The predicted octanol–water partition coefficient (Wildman–Crippen LogP) is 8.51. The van der Waals surface area contributed by atoms with E-state index in [1.807, 2.05) is 23.6 Å². The maximum Gasteiger partial charge on any atom is 0.407 e. The normalized spacial score (nSPS) is 21.4. The van der Waals surface area contributed by atoms with Gasteiger partial charge in [0.05, 0.1) is 53.3 Å². The molecule has 3 aromatic carbocycles. The maximum absolute atomic E-state index is 13.9. The van der Waals surface area contributed by atoms with E-state index in [-0.39, 0.29) is 47.3 Å². The van der Waals surface area contributed by atoms with Crippen molar-refractivity contribution in [1.29, 1.82) is 0 Å². The molecule has 0 aliphatic carbocycles. The highest BCUT2D eigenvalue weighted by molar-refractivity contribution is 5.87. The van der Waals surface area contributed by atoms with Crippen LogP contribution in [0.1, 0.15) is 139 Å². The van der Waals surface area contributed by atoms with Crippen LogP contribution >= 0.6 is 0 Å². The summed E-state index contributed by atoms with van der Waals surface area (Å²) in [6.07, 6.45) is 5.37. The van der Waals surface area contributed by atoms with Gasteiger partial charge in [0.2, 0.25) is 11.8 Å². The number of aromatic nitrogens is 4. The molecule has 3 aliphatic rings. The van der Waals surface area contributed by atoms with E-state index in [1.165, 1.54) is 23.8 Å². The summed E-state index contributed by atoms with van der Waals surface area (Å²) >= 11 is 0. The number of methoxy groups -OCH3 is 1. The summed E-state index contributed by atoms with van der Waals surface area (Å²) in [4.78, 5) is 63.0. The lowest BCUT2D eigenvalue weighted by molar-refractivity contribution is -0.135. The minimum Gasteiger partial charge on any atom is -0.453 e. The Bertz CT molecular complexity index is 2380. The van der Waals surface area contributed by atoms with Gasteiger partial charge in [0.15, 0.2) is 0 Å². The summed E-state index contributed by atoms with van der Waals surface area (Å²) in [5.74, 6) is 1.91. The van der Waals surface area contributed by atoms with E-state index in [2.05, 4.69) is 109 Å². The number of amides is 3. The van der Waals surface area contributed by atoms with Crippen LogP contribution in [0.5, 0.6) is 0 Å². The zero-order chi connectivity index (χ0) is 43.2. The number of carbonyl (C=O) groups is 3. The largest absolute Gasteiger partial charge is 0.453 e. The van der Waals surface area contributed by atoms with Crippen LogP contribution in [0.15, 0.2) is 60.7 Å². The summed E-state index contributed by atoms with van der Waals surface area (Å²) in [6.45, 7) is 14.3. The van der Waals surface area contributed by atoms with Gasteiger partial charge >= 0.3 is 6.09 Å². The molecule has 2 aromatic heterocycles. The first-order valence-electron chi connectivity index (χ1n) is 22.3. The fourth-order valence-electron chi connectivity index (χ4n) is 9.86. The van der Waals surface area contributed by atoms with Crippen LogP contribution in [0.3, 0.4) is 0 Å². The monoisotopic (exact) mass is 830 g/mol. The number of fused-ring (bicyclic) bond motifs is 2. The molecule has 0 saturated carbocycles. The van der Waals surface area contributed by atoms with Gasteiger partial charge in [-0.25, -0.2) is 14.8 Å². The van der Waals surface area contributed by atoms with Crippen molar-refractivity contribution >= 4 is 45.7 Å². The number of hydrogen-bond acceptors (Lipinski definition) is 8. The molecule has 5 N–H and O–H groups in total. The number of nitrogens with zero attached hydrogens (tertiary/aromatic N) is 5. The van der Waals surface area contributed by atoms with E-state index in [9.17, 15) is 14.4 Å². The molecule has 0 radical (unpaired) electrons. The van der Waals surface area contributed by atoms with E-state index in [0.717, 1.165) is 84.5 Å². The van der Waals surface area contributed by atoms with Crippen molar-refractivity contribution in [3.05, 3.63) is 89.0 Å². The first kappa shape index (κ1) is 42.3. The second-order valence-electron chi connectivity index (χ2n) is 18.8. The number of alkyl carbamates (subject to hydrolysis) is 1. The first-order valence-corrected chi connectivity index (χ1v) is 22.3. The molecule has 0 unspecified atom stereocenters. The number of hydrogen-bond donors (Lipinski definition) is 4. The van der Waals surface area contributed by atoms with Gasteiger partial charge in [0.25, 0.3) is 0 Å². The molecule has 3 aliphatic heterocycles. The second kappa shape index (κ2) is 17.1. The van der Waals surface area contributed by atoms with E-state index in [1.54, 1.807) is 0 Å². The first-order chi connectivity index (χ1) is 29.3. The molecule has 13 heteroatoms. The highest BCUT2D eigenvalue weighted by Gasteiger charge is 2.39. The SMILES string of the molecule is COC(=O)N[C@H](C(=O)N1CCC[C@H]1c1nc2ccc([C@H]3CC[C@H](c4ccc5nc([C@@H]6CCCN6C(=O)CC(C)C)[nH]c5c4)N3c3ccc(C(C)(C)CN)cc3)cc2[nH]1)C(C)C. The average molecular weight is 830 g/mol. The van der Waals surface area contributed by atoms with Gasteiger partial charge in [-0.1, -0.05) is 65.8 Å². The van der Waals surface area contributed by atoms with Crippen molar-refractivity contribution in [2.75, 3.05) is 31.6 Å². The molecule has 0 spiro atoms. The van der Waals surface area contributed by atoms with Crippen LogP contribution in [0.4, 0.5) is 10.5 Å². The minimum absolute atomic E-state index is 0.0265. The quantitative estimate of drug-likeness (QED) is 0.0972. The molecule has 3 amide bonds. The van der Waals surface area contributed by atoms with Crippen molar-refractivity contribution in [2.45, 2.75) is 122 Å². The number of nitrogens with two attached hydrogens (primary N) is 1. The van der Waals surface area contributed by atoms with Crippen LogP contribution in [0.2, 0.25) is 0 Å². The van der Waals surface area contributed by atoms with Crippen molar-refractivity contribution in [3.8, 4) is 0 Å². The van der Waals surface area contributed by atoms with Crippen LogP contribution in [-0.2, 0) is 19.7 Å². The Balaban J connectivity index is 1.10. The van der Waals surface area contributed by atoms with Gasteiger partial charge in [-0.2, -0.15) is 0 Å². The molecule has 8 rings (SSSR count). The van der Waals surface area contributed by atoms with Gasteiger partial charge in [0.1, 0.15) is 17.7 Å². The molecular formula is C48H63N9O4.